The van der Waals surface area contributed by atoms with Crippen LogP contribution in [0.25, 0.3) is 11.3 Å². The van der Waals surface area contributed by atoms with Gasteiger partial charge in [0.15, 0.2) is 5.82 Å². The quantitative estimate of drug-likeness (QED) is 0.430. The third kappa shape index (κ3) is 5.92. The number of H-pyrrole nitrogens is 1. The molecule has 0 amide bonds. The van der Waals surface area contributed by atoms with Gasteiger partial charge in [0.2, 0.25) is 5.88 Å². The Morgan fingerprint density at radius 3 is 2.76 bits per heavy atom. The molecule has 0 spiro atoms. The average Bonchev–Trinajstić information content (AvgIpc) is 3.37. The molecule has 0 radical (unpaired) electrons. The lowest BCUT2D eigenvalue weighted by molar-refractivity contribution is -0.142. The van der Waals surface area contributed by atoms with Crippen LogP contribution in [0.5, 0.6) is 5.88 Å². The number of carboxylic acid groups (broad SMARTS) is 1. The zero-order valence-corrected chi connectivity index (χ0v) is 18.8. The molecular weight excluding hydrogens is 420 g/mol. The Hall–Kier alpha value is -3.33. The van der Waals surface area contributed by atoms with Crippen molar-refractivity contribution in [1.82, 2.24) is 30.9 Å². The first kappa shape index (κ1) is 22.8. The zero-order chi connectivity index (χ0) is 23.0. The summed E-state index contributed by atoms with van der Waals surface area (Å²) in [7, 11) is 0. The van der Waals surface area contributed by atoms with Crippen LogP contribution in [0.4, 0.5) is 0 Å². The summed E-state index contributed by atoms with van der Waals surface area (Å²) in [5.41, 5.74) is 2.77. The van der Waals surface area contributed by atoms with Crippen molar-refractivity contribution in [3.63, 3.8) is 0 Å². The number of rotatable bonds is 10. The number of carboxylic acids is 1. The Morgan fingerprint density at radius 1 is 1.21 bits per heavy atom. The Labute approximate surface area is 193 Å². The molecule has 1 unspecified atom stereocenters. The number of benzene rings is 1. The van der Waals surface area contributed by atoms with Crippen molar-refractivity contribution in [3.05, 3.63) is 53.9 Å². The van der Waals surface area contributed by atoms with Crippen LogP contribution in [0, 0.1) is 5.92 Å². The summed E-state index contributed by atoms with van der Waals surface area (Å²) in [4.78, 5) is 16.7. The molecule has 1 aliphatic rings. The Bertz CT molecular complexity index is 1040. The number of hydrogen-bond donors (Lipinski definition) is 3. The lowest BCUT2D eigenvalue weighted by atomic mass is 9.83. The first-order chi connectivity index (χ1) is 16.1. The minimum Gasteiger partial charge on any atom is -0.481 e. The van der Waals surface area contributed by atoms with Crippen molar-refractivity contribution in [3.8, 4) is 17.1 Å². The number of ether oxygens (including phenoxy) is 1. The summed E-state index contributed by atoms with van der Waals surface area (Å²) in [5, 5.41) is 27.5. The van der Waals surface area contributed by atoms with Crippen molar-refractivity contribution >= 4 is 5.97 Å². The van der Waals surface area contributed by atoms with Crippen LogP contribution >= 0.6 is 0 Å². The van der Waals surface area contributed by atoms with Crippen LogP contribution in [0.3, 0.4) is 0 Å². The van der Waals surface area contributed by atoms with E-state index in [1.165, 1.54) is 0 Å². The highest BCUT2D eigenvalue weighted by Gasteiger charge is 2.32. The molecule has 4 rings (SSSR count). The molecule has 9 heteroatoms. The second kappa shape index (κ2) is 11.0. The maximum atomic E-state index is 12.0. The number of piperidine rings is 1. The fourth-order valence-electron chi connectivity index (χ4n) is 4.38. The third-order valence-electron chi connectivity index (χ3n) is 6.07. The van der Waals surface area contributed by atoms with E-state index < -0.39 is 11.9 Å². The highest BCUT2D eigenvalue weighted by atomic mass is 16.5. The minimum atomic E-state index is -0.841. The molecule has 1 aliphatic heterocycles. The molecule has 1 aromatic carbocycles. The smallest absolute Gasteiger partial charge is 0.307 e. The van der Waals surface area contributed by atoms with Gasteiger partial charge in [0.05, 0.1) is 11.6 Å². The van der Waals surface area contributed by atoms with Crippen LogP contribution in [-0.2, 0) is 11.2 Å². The van der Waals surface area contributed by atoms with E-state index >= 15 is 0 Å². The lowest BCUT2D eigenvalue weighted by Crippen LogP contribution is -2.34. The van der Waals surface area contributed by atoms with Crippen molar-refractivity contribution < 1.29 is 14.6 Å². The maximum Gasteiger partial charge on any atom is 0.307 e. The van der Waals surface area contributed by atoms with E-state index in [1.54, 1.807) is 0 Å². The molecule has 2 aromatic heterocycles. The molecule has 3 N–H and O–H groups in total. The summed E-state index contributed by atoms with van der Waals surface area (Å²) in [6.45, 7) is 3.90. The van der Waals surface area contributed by atoms with Crippen molar-refractivity contribution in [1.29, 1.82) is 0 Å². The van der Waals surface area contributed by atoms with Gasteiger partial charge in [0.1, 0.15) is 6.10 Å². The molecule has 0 saturated carbocycles. The van der Waals surface area contributed by atoms with Crippen LogP contribution in [0.2, 0.25) is 0 Å². The number of hydrogen-bond acceptors (Lipinski definition) is 7. The second-order valence-electron chi connectivity index (χ2n) is 8.44. The van der Waals surface area contributed by atoms with E-state index in [-0.39, 0.29) is 12.0 Å². The number of aromatic amines is 1. The van der Waals surface area contributed by atoms with E-state index in [1.807, 2.05) is 43.3 Å². The predicted molar refractivity (Wildman–Crippen MR) is 123 cm³/mol. The van der Waals surface area contributed by atoms with E-state index in [0.29, 0.717) is 24.5 Å². The Balaban J connectivity index is 1.55. The van der Waals surface area contributed by atoms with Gasteiger partial charge in [-0.1, -0.05) is 42.8 Å². The number of tetrazole rings is 1. The number of pyridine rings is 1. The zero-order valence-electron chi connectivity index (χ0n) is 18.8. The molecule has 0 bridgehead atoms. The maximum absolute atomic E-state index is 12.0. The molecule has 9 nitrogen and oxygen atoms in total. The van der Waals surface area contributed by atoms with Gasteiger partial charge < -0.3 is 15.2 Å². The second-order valence-corrected chi connectivity index (χ2v) is 8.44. The van der Waals surface area contributed by atoms with Crippen molar-refractivity contribution in [2.45, 2.75) is 51.0 Å². The van der Waals surface area contributed by atoms with Crippen LogP contribution in [0.1, 0.15) is 49.9 Å². The summed E-state index contributed by atoms with van der Waals surface area (Å²) in [6.07, 6.45) is 3.94. The number of carbonyl (C=O) groups is 1. The summed E-state index contributed by atoms with van der Waals surface area (Å²) in [5.74, 6) is -0.748. The molecule has 0 aliphatic carbocycles. The average molecular weight is 451 g/mol. The first-order valence-electron chi connectivity index (χ1n) is 11.5. The van der Waals surface area contributed by atoms with Gasteiger partial charge in [-0.05, 0) is 56.5 Å². The van der Waals surface area contributed by atoms with Crippen molar-refractivity contribution in [2.24, 2.45) is 5.92 Å². The summed E-state index contributed by atoms with van der Waals surface area (Å²) in [6, 6.07) is 13.8. The highest BCUT2D eigenvalue weighted by molar-refractivity contribution is 5.71. The molecule has 3 heterocycles. The molecule has 3 aromatic rings. The fourth-order valence-corrected chi connectivity index (χ4v) is 4.38. The van der Waals surface area contributed by atoms with Gasteiger partial charge >= 0.3 is 5.97 Å². The summed E-state index contributed by atoms with van der Waals surface area (Å²) >= 11 is 0. The molecule has 1 saturated heterocycles. The molecule has 174 valence electrons. The topological polar surface area (TPSA) is 126 Å². The highest BCUT2D eigenvalue weighted by Crippen LogP contribution is 2.31. The Kier molecular flexibility index (Phi) is 7.62. The van der Waals surface area contributed by atoms with E-state index in [0.717, 1.165) is 49.2 Å². The molecule has 2 atom stereocenters. The lowest BCUT2D eigenvalue weighted by Gasteiger charge is -2.23. The predicted octanol–water partition coefficient (Wildman–Crippen LogP) is 3.22. The molecule has 33 heavy (non-hydrogen) atoms. The van der Waals surface area contributed by atoms with Gasteiger partial charge in [0, 0.05) is 17.5 Å². The van der Waals surface area contributed by atoms with E-state index in [9.17, 15) is 9.90 Å². The van der Waals surface area contributed by atoms with Gasteiger partial charge in [-0.15, -0.1) is 10.2 Å². The minimum absolute atomic E-state index is 0.183. The standard InChI is InChI=1S/C24H30N6O3/c1-2-5-19(24(31)32)20(23-27-29-30-28-23)15-16-6-3-7-17(14-16)21-8-4-9-22(26-21)33-18-10-12-25-13-11-18/h3-4,6-9,14,18-20,25H,2,5,10-13,15H2,1H3,(H,31,32)(H,27,28,29,30)/t19-,20?/m0/s1. The van der Waals surface area contributed by atoms with Gasteiger partial charge in [-0.25, -0.2) is 4.98 Å². The van der Waals surface area contributed by atoms with Crippen molar-refractivity contribution in [2.75, 3.05) is 13.1 Å². The monoisotopic (exact) mass is 450 g/mol. The molecule has 1 fully saturated rings. The normalized spacial score (nSPS) is 16.3. The summed E-state index contributed by atoms with van der Waals surface area (Å²) < 4.78 is 6.10. The largest absolute Gasteiger partial charge is 0.481 e. The fraction of sp³-hybridized carbons (Fsp3) is 0.458. The number of aromatic nitrogens is 5. The number of nitrogens with zero attached hydrogens (tertiary/aromatic N) is 4. The van der Waals surface area contributed by atoms with Gasteiger partial charge in [0.25, 0.3) is 0 Å². The van der Waals surface area contributed by atoms with E-state index in [2.05, 4.69) is 32.0 Å². The van der Waals surface area contributed by atoms with Crippen LogP contribution in [0.15, 0.2) is 42.5 Å². The number of aliphatic carboxylic acids is 1. The molecular formula is C24H30N6O3. The van der Waals surface area contributed by atoms with Gasteiger partial charge in [-0.2, -0.15) is 5.21 Å². The van der Waals surface area contributed by atoms with Crippen LogP contribution in [-0.4, -0.2) is 55.9 Å². The van der Waals surface area contributed by atoms with Crippen LogP contribution < -0.4 is 10.1 Å². The van der Waals surface area contributed by atoms with Gasteiger partial charge in [-0.3, -0.25) is 4.79 Å². The number of nitrogens with one attached hydrogen (secondary N) is 2. The first-order valence-corrected chi connectivity index (χ1v) is 11.5. The van der Waals surface area contributed by atoms with E-state index in [4.69, 9.17) is 9.72 Å². The Morgan fingerprint density at radius 2 is 2.03 bits per heavy atom. The third-order valence-corrected chi connectivity index (χ3v) is 6.07. The SMILES string of the molecule is CCC[C@H](C(=O)O)C(Cc1cccc(-c2cccc(OC3CCNCC3)n2)c1)c1nn[nH]n1.